The number of thioether (sulfide) groups is 1. The molecule has 1 aliphatic heterocycles. The summed E-state index contributed by atoms with van der Waals surface area (Å²) < 4.78 is 6.81. The lowest BCUT2D eigenvalue weighted by molar-refractivity contribution is -0.134. The SMILES string of the molecule is COc1ccc(-n2nnnc2SCC(=O)N2[C@H](C)CCC[C@@H]2C)cc1. The summed E-state index contributed by atoms with van der Waals surface area (Å²) in [5.74, 6) is 1.26. The van der Waals surface area contributed by atoms with Gasteiger partial charge in [-0.1, -0.05) is 11.8 Å². The van der Waals surface area contributed by atoms with Crippen LogP contribution in [0.25, 0.3) is 5.69 Å². The normalized spacial score (nSPS) is 20.5. The molecule has 2 atom stereocenters. The van der Waals surface area contributed by atoms with Gasteiger partial charge >= 0.3 is 0 Å². The van der Waals surface area contributed by atoms with Gasteiger partial charge in [-0.3, -0.25) is 4.79 Å². The highest BCUT2D eigenvalue weighted by Crippen LogP contribution is 2.25. The smallest absolute Gasteiger partial charge is 0.233 e. The molecular formula is C17H23N5O2S. The lowest BCUT2D eigenvalue weighted by atomic mass is 9.98. The van der Waals surface area contributed by atoms with E-state index in [4.69, 9.17) is 4.74 Å². The number of rotatable bonds is 5. The van der Waals surface area contributed by atoms with Crippen molar-refractivity contribution in [1.29, 1.82) is 0 Å². The molecule has 2 aromatic rings. The van der Waals surface area contributed by atoms with Crippen molar-refractivity contribution < 1.29 is 9.53 Å². The van der Waals surface area contributed by atoms with Gasteiger partial charge in [-0.05, 0) is 67.8 Å². The molecule has 7 nitrogen and oxygen atoms in total. The van der Waals surface area contributed by atoms with Gasteiger partial charge in [0.25, 0.3) is 0 Å². The first-order valence-corrected chi connectivity index (χ1v) is 9.45. The van der Waals surface area contributed by atoms with Crippen molar-refractivity contribution in [1.82, 2.24) is 25.1 Å². The molecule has 1 amide bonds. The van der Waals surface area contributed by atoms with E-state index in [1.165, 1.54) is 18.2 Å². The number of benzene rings is 1. The highest BCUT2D eigenvalue weighted by atomic mass is 32.2. The number of methoxy groups -OCH3 is 1. The highest BCUT2D eigenvalue weighted by Gasteiger charge is 2.29. The number of likely N-dealkylation sites (tertiary alicyclic amines) is 1. The Kier molecular flexibility index (Phi) is 5.57. The number of hydrogen-bond acceptors (Lipinski definition) is 6. The minimum Gasteiger partial charge on any atom is -0.497 e. The van der Waals surface area contributed by atoms with Crippen molar-refractivity contribution in [3.8, 4) is 11.4 Å². The fourth-order valence-electron chi connectivity index (χ4n) is 3.27. The van der Waals surface area contributed by atoms with Crippen LogP contribution < -0.4 is 4.74 Å². The predicted molar refractivity (Wildman–Crippen MR) is 96.1 cm³/mol. The molecule has 3 rings (SSSR count). The van der Waals surface area contributed by atoms with Gasteiger partial charge in [-0.25, -0.2) is 0 Å². The first-order chi connectivity index (χ1) is 12.1. The molecule has 25 heavy (non-hydrogen) atoms. The maximum Gasteiger partial charge on any atom is 0.233 e. The molecule has 8 heteroatoms. The summed E-state index contributed by atoms with van der Waals surface area (Å²) in [6.07, 6.45) is 3.34. The van der Waals surface area contributed by atoms with Gasteiger partial charge in [0.2, 0.25) is 11.1 Å². The summed E-state index contributed by atoms with van der Waals surface area (Å²) >= 11 is 1.37. The highest BCUT2D eigenvalue weighted by molar-refractivity contribution is 7.99. The van der Waals surface area contributed by atoms with Crippen LogP contribution in [0.2, 0.25) is 0 Å². The third kappa shape index (κ3) is 3.95. The predicted octanol–water partition coefficient (Wildman–Crippen LogP) is 2.55. The van der Waals surface area contributed by atoms with Crippen LogP contribution in [0.5, 0.6) is 5.75 Å². The first kappa shape index (κ1) is 17.7. The summed E-state index contributed by atoms with van der Waals surface area (Å²) in [6.45, 7) is 4.25. The van der Waals surface area contributed by atoms with Crippen molar-refractivity contribution in [2.75, 3.05) is 12.9 Å². The molecule has 1 aromatic carbocycles. The first-order valence-electron chi connectivity index (χ1n) is 8.47. The average Bonchev–Trinajstić information content (AvgIpc) is 3.08. The number of carbonyl (C=O) groups excluding carboxylic acids is 1. The minimum atomic E-state index is 0.147. The Morgan fingerprint density at radius 2 is 1.92 bits per heavy atom. The fourth-order valence-corrected chi connectivity index (χ4v) is 4.03. The van der Waals surface area contributed by atoms with Gasteiger partial charge < -0.3 is 9.64 Å². The number of nitrogens with zero attached hydrogens (tertiary/aromatic N) is 5. The van der Waals surface area contributed by atoms with Crippen molar-refractivity contribution in [2.45, 2.75) is 50.4 Å². The summed E-state index contributed by atoms with van der Waals surface area (Å²) in [7, 11) is 1.63. The van der Waals surface area contributed by atoms with Crippen LogP contribution in [-0.4, -0.2) is 56.0 Å². The molecule has 0 radical (unpaired) electrons. The van der Waals surface area contributed by atoms with E-state index in [-0.39, 0.29) is 5.91 Å². The van der Waals surface area contributed by atoms with Gasteiger partial charge in [-0.2, -0.15) is 4.68 Å². The lowest BCUT2D eigenvalue weighted by Crippen LogP contribution is -2.48. The van der Waals surface area contributed by atoms with E-state index >= 15 is 0 Å². The molecule has 134 valence electrons. The number of ether oxygens (including phenoxy) is 1. The van der Waals surface area contributed by atoms with Crippen molar-refractivity contribution in [3.05, 3.63) is 24.3 Å². The number of amides is 1. The molecule has 1 aromatic heterocycles. The zero-order valence-electron chi connectivity index (χ0n) is 14.8. The van der Waals surface area contributed by atoms with Crippen molar-refractivity contribution >= 4 is 17.7 Å². The Bertz CT molecular complexity index is 708. The van der Waals surface area contributed by atoms with Crippen molar-refractivity contribution in [3.63, 3.8) is 0 Å². The monoisotopic (exact) mass is 361 g/mol. The van der Waals surface area contributed by atoms with Crippen molar-refractivity contribution in [2.24, 2.45) is 0 Å². The van der Waals surface area contributed by atoms with E-state index in [1.807, 2.05) is 29.2 Å². The van der Waals surface area contributed by atoms with Gasteiger partial charge in [0.15, 0.2) is 0 Å². The van der Waals surface area contributed by atoms with Crippen LogP contribution in [-0.2, 0) is 4.79 Å². The zero-order chi connectivity index (χ0) is 17.8. The Morgan fingerprint density at radius 3 is 2.56 bits per heavy atom. The number of carbonyl (C=O) groups is 1. The maximum absolute atomic E-state index is 12.7. The zero-order valence-corrected chi connectivity index (χ0v) is 15.6. The number of aromatic nitrogens is 4. The van der Waals surface area contributed by atoms with Crippen LogP contribution in [0.3, 0.4) is 0 Å². The van der Waals surface area contributed by atoms with E-state index in [2.05, 4.69) is 29.4 Å². The fraction of sp³-hybridized carbons (Fsp3) is 0.529. The van der Waals surface area contributed by atoms with Crippen LogP contribution in [0.15, 0.2) is 29.4 Å². The molecule has 0 spiro atoms. The van der Waals surface area contributed by atoms with Crippen LogP contribution in [0, 0.1) is 0 Å². The molecule has 0 unspecified atom stereocenters. The van der Waals surface area contributed by atoms with E-state index in [9.17, 15) is 4.79 Å². The molecule has 0 saturated carbocycles. The topological polar surface area (TPSA) is 73.1 Å². The van der Waals surface area contributed by atoms with Crippen LogP contribution >= 0.6 is 11.8 Å². The quantitative estimate of drug-likeness (QED) is 0.762. The largest absolute Gasteiger partial charge is 0.497 e. The van der Waals surface area contributed by atoms with Gasteiger partial charge in [0.1, 0.15) is 5.75 Å². The van der Waals surface area contributed by atoms with Gasteiger partial charge in [-0.15, -0.1) is 5.10 Å². The van der Waals surface area contributed by atoms with E-state index in [0.29, 0.717) is 23.0 Å². The summed E-state index contributed by atoms with van der Waals surface area (Å²) in [5.41, 5.74) is 0.834. The molecular weight excluding hydrogens is 338 g/mol. The Balaban J connectivity index is 1.67. The molecule has 2 heterocycles. The average molecular weight is 361 g/mol. The van der Waals surface area contributed by atoms with Gasteiger partial charge in [0.05, 0.1) is 18.6 Å². The number of tetrazole rings is 1. The maximum atomic E-state index is 12.7. The molecule has 1 fully saturated rings. The number of hydrogen-bond donors (Lipinski definition) is 0. The second kappa shape index (κ2) is 7.86. The summed E-state index contributed by atoms with van der Waals surface area (Å²) in [6, 6.07) is 8.08. The lowest BCUT2D eigenvalue weighted by Gasteiger charge is -2.39. The van der Waals surface area contributed by atoms with E-state index in [1.54, 1.807) is 11.8 Å². The second-order valence-corrected chi connectivity index (χ2v) is 7.23. The van der Waals surface area contributed by atoms with Gasteiger partial charge in [0, 0.05) is 12.1 Å². The molecule has 1 aliphatic rings. The standard InChI is InChI=1S/C17H23N5O2S/c1-12-5-4-6-13(2)21(12)16(23)11-25-17-18-19-20-22(17)14-7-9-15(24-3)10-8-14/h7-10,12-13H,4-6,11H2,1-3H3/t12-,13+. The van der Waals surface area contributed by atoms with E-state index < -0.39 is 0 Å². The summed E-state index contributed by atoms with van der Waals surface area (Å²) in [4.78, 5) is 14.7. The van der Waals surface area contributed by atoms with Crippen LogP contribution in [0.4, 0.5) is 0 Å². The minimum absolute atomic E-state index is 0.147. The third-order valence-electron chi connectivity index (χ3n) is 4.56. The Morgan fingerprint density at radius 1 is 1.24 bits per heavy atom. The number of piperidine rings is 1. The molecule has 1 saturated heterocycles. The molecule has 0 N–H and O–H groups in total. The Hall–Kier alpha value is -2.09. The second-order valence-electron chi connectivity index (χ2n) is 6.29. The summed E-state index contributed by atoms with van der Waals surface area (Å²) in [5, 5.41) is 12.4. The molecule has 0 bridgehead atoms. The Labute approximate surface area is 151 Å². The molecule has 0 aliphatic carbocycles. The van der Waals surface area contributed by atoms with Crippen LogP contribution in [0.1, 0.15) is 33.1 Å². The van der Waals surface area contributed by atoms with E-state index in [0.717, 1.165) is 24.3 Å². The third-order valence-corrected chi connectivity index (χ3v) is 5.47.